The molecule has 0 bridgehead atoms. The summed E-state index contributed by atoms with van der Waals surface area (Å²) in [4.78, 5) is 23.1. The van der Waals surface area contributed by atoms with E-state index >= 15 is 0 Å². The number of thiophene rings is 1. The van der Waals surface area contributed by atoms with Gasteiger partial charge in [0.2, 0.25) is 11.8 Å². The smallest absolute Gasteiger partial charge is 0.250 e. The van der Waals surface area contributed by atoms with Gasteiger partial charge in [-0.3, -0.25) is 9.59 Å². The quantitative estimate of drug-likeness (QED) is 0.688. The molecule has 0 fully saturated rings. The molecule has 10 heteroatoms. The Kier molecular flexibility index (Phi) is 6.36. The normalized spacial score (nSPS) is 12.0. The molecule has 2 amide bonds. The van der Waals surface area contributed by atoms with Crippen molar-refractivity contribution in [1.29, 1.82) is 0 Å². The van der Waals surface area contributed by atoms with E-state index in [0.29, 0.717) is 4.34 Å². The number of hydrogen-bond acceptors (Lipinski definition) is 5. The molecule has 7 nitrogen and oxygen atoms in total. The summed E-state index contributed by atoms with van der Waals surface area (Å²) in [6.07, 6.45) is 0. The molecule has 1 aromatic rings. The van der Waals surface area contributed by atoms with Gasteiger partial charge in [0.25, 0.3) is 10.0 Å². The number of nitrogens with one attached hydrogen (secondary N) is 3. The molecule has 3 N–H and O–H groups in total. The maximum absolute atomic E-state index is 11.9. The van der Waals surface area contributed by atoms with Gasteiger partial charge >= 0.3 is 0 Å². The van der Waals surface area contributed by atoms with Crippen molar-refractivity contribution in [2.24, 2.45) is 0 Å². The molecule has 0 saturated heterocycles. The van der Waals surface area contributed by atoms with Crippen LogP contribution in [0.5, 0.6) is 0 Å². The number of amides is 2. The Morgan fingerprint density at radius 2 is 1.82 bits per heavy atom. The maximum Gasteiger partial charge on any atom is 0.250 e. The largest absolute Gasteiger partial charge is 0.350 e. The van der Waals surface area contributed by atoms with Gasteiger partial charge in [0.15, 0.2) is 0 Å². The number of carbonyl (C=O) groups is 2. The van der Waals surface area contributed by atoms with Crippen molar-refractivity contribution in [1.82, 2.24) is 15.4 Å². The van der Waals surface area contributed by atoms with Crippen LogP contribution in [-0.4, -0.2) is 38.9 Å². The van der Waals surface area contributed by atoms with Crippen molar-refractivity contribution in [2.75, 3.05) is 13.1 Å². The van der Waals surface area contributed by atoms with Gasteiger partial charge in [0.1, 0.15) is 4.21 Å². The topological polar surface area (TPSA) is 104 Å². The van der Waals surface area contributed by atoms with Gasteiger partial charge < -0.3 is 10.6 Å². The van der Waals surface area contributed by atoms with E-state index in [9.17, 15) is 18.0 Å². The van der Waals surface area contributed by atoms with E-state index in [4.69, 9.17) is 11.6 Å². The van der Waals surface area contributed by atoms with Crippen molar-refractivity contribution in [3.63, 3.8) is 0 Å². The molecule has 0 radical (unpaired) electrons. The molecule has 0 unspecified atom stereocenters. The summed E-state index contributed by atoms with van der Waals surface area (Å²) in [6, 6.07) is 2.81. The highest BCUT2D eigenvalue weighted by atomic mass is 35.5. The lowest BCUT2D eigenvalue weighted by Crippen LogP contribution is -2.47. The Balaban J connectivity index is 2.42. The number of sulfonamides is 1. The summed E-state index contributed by atoms with van der Waals surface area (Å²) in [5.74, 6) is -0.955. The highest BCUT2D eigenvalue weighted by Gasteiger charge is 2.18. The lowest BCUT2D eigenvalue weighted by molar-refractivity contribution is -0.126. The monoisotopic (exact) mass is 367 g/mol. The fourth-order valence-electron chi connectivity index (χ4n) is 1.38. The average molecular weight is 368 g/mol. The van der Waals surface area contributed by atoms with Gasteiger partial charge in [0, 0.05) is 5.54 Å². The van der Waals surface area contributed by atoms with Crippen LogP contribution in [0.1, 0.15) is 20.8 Å². The maximum atomic E-state index is 11.9. The van der Waals surface area contributed by atoms with Gasteiger partial charge in [-0.05, 0) is 32.9 Å². The van der Waals surface area contributed by atoms with Gasteiger partial charge in [0.05, 0.1) is 17.4 Å². The number of hydrogen-bond donors (Lipinski definition) is 3. The zero-order valence-electron chi connectivity index (χ0n) is 12.4. The zero-order chi connectivity index (χ0) is 17.0. The summed E-state index contributed by atoms with van der Waals surface area (Å²) >= 11 is 6.56. The SMILES string of the molecule is CC(C)(C)NC(=O)CNC(=O)CNS(=O)(=O)c1ccc(Cl)s1. The molecule has 0 spiro atoms. The van der Waals surface area contributed by atoms with Crippen LogP contribution in [0, 0.1) is 0 Å². The minimum absolute atomic E-state index is 0.0239. The number of carbonyl (C=O) groups excluding carboxylic acids is 2. The Hall–Kier alpha value is -1.16. The predicted octanol–water partition coefficient (Wildman–Crippen LogP) is 0.711. The van der Waals surface area contributed by atoms with Crippen LogP contribution in [0.2, 0.25) is 4.34 Å². The Bertz CT molecular complexity index is 650. The third-order valence-electron chi connectivity index (χ3n) is 2.20. The van der Waals surface area contributed by atoms with Crippen LogP contribution in [0.25, 0.3) is 0 Å². The molecular weight excluding hydrogens is 350 g/mol. The summed E-state index contributed by atoms with van der Waals surface area (Å²) in [5, 5.41) is 5.00. The fraction of sp³-hybridized carbons (Fsp3) is 0.500. The van der Waals surface area contributed by atoms with Gasteiger partial charge in [-0.1, -0.05) is 11.6 Å². The Morgan fingerprint density at radius 1 is 1.18 bits per heavy atom. The van der Waals surface area contributed by atoms with Gasteiger partial charge in [-0.15, -0.1) is 11.3 Å². The molecule has 1 heterocycles. The molecule has 0 aromatic carbocycles. The predicted molar refractivity (Wildman–Crippen MR) is 85.4 cm³/mol. The minimum atomic E-state index is -3.78. The van der Waals surface area contributed by atoms with Crippen LogP contribution < -0.4 is 15.4 Å². The van der Waals surface area contributed by atoms with Crippen molar-refractivity contribution in [2.45, 2.75) is 30.5 Å². The van der Waals surface area contributed by atoms with E-state index in [1.165, 1.54) is 12.1 Å². The zero-order valence-corrected chi connectivity index (χ0v) is 14.8. The van der Waals surface area contributed by atoms with E-state index in [1.807, 2.05) is 20.8 Å². The molecule has 0 aliphatic heterocycles. The van der Waals surface area contributed by atoms with Crippen LogP contribution in [0.15, 0.2) is 16.3 Å². The lowest BCUT2D eigenvalue weighted by atomic mass is 10.1. The standard InChI is InChI=1S/C12H18ClN3O4S2/c1-12(2,3)16-10(18)6-14-9(17)7-15-22(19,20)11-5-4-8(13)21-11/h4-5,15H,6-7H2,1-3H3,(H,14,17)(H,16,18). The Labute approximate surface area is 138 Å². The highest BCUT2D eigenvalue weighted by molar-refractivity contribution is 7.91. The van der Waals surface area contributed by atoms with Crippen molar-refractivity contribution >= 4 is 44.8 Å². The molecule has 0 atom stereocenters. The molecule has 1 aromatic heterocycles. The first-order chi connectivity index (χ1) is 9.99. The second-order valence-corrected chi connectivity index (χ2v) is 9.17. The molecule has 0 saturated carbocycles. The third-order valence-corrected chi connectivity index (χ3v) is 5.32. The van der Waals surface area contributed by atoms with Gasteiger partial charge in [-0.25, -0.2) is 13.1 Å². The summed E-state index contributed by atoms with van der Waals surface area (Å²) in [5.41, 5.74) is -0.401. The highest BCUT2D eigenvalue weighted by Crippen LogP contribution is 2.25. The summed E-state index contributed by atoms with van der Waals surface area (Å²) < 4.78 is 26.2. The Morgan fingerprint density at radius 3 is 2.32 bits per heavy atom. The number of rotatable bonds is 6. The molecule has 22 heavy (non-hydrogen) atoms. The molecule has 124 valence electrons. The molecule has 1 rings (SSSR count). The lowest BCUT2D eigenvalue weighted by Gasteiger charge is -2.20. The fourth-order valence-corrected chi connectivity index (χ4v) is 3.89. The van der Waals surface area contributed by atoms with E-state index in [2.05, 4.69) is 15.4 Å². The first-order valence-corrected chi connectivity index (χ1v) is 9.00. The van der Waals surface area contributed by atoms with Crippen molar-refractivity contribution in [3.05, 3.63) is 16.5 Å². The second-order valence-electron chi connectivity index (χ2n) is 5.46. The van der Waals surface area contributed by atoms with Crippen LogP contribution in [-0.2, 0) is 19.6 Å². The van der Waals surface area contributed by atoms with E-state index in [0.717, 1.165) is 11.3 Å². The van der Waals surface area contributed by atoms with E-state index in [-0.39, 0.29) is 16.7 Å². The van der Waals surface area contributed by atoms with Crippen LogP contribution in [0.3, 0.4) is 0 Å². The summed E-state index contributed by atoms with van der Waals surface area (Å²) in [7, 11) is -3.78. The van der Waals surface area contributed by atoms with Crippen LogP contribution >= 0.6 is 22.9 Å². The van der Waals surface area contributed by atoms with E-state index in [1.54, 1.807) is 0 Å². The molecule has 0 aliphatic carbocycles. The second kappa shape index (κ2) is 7.40. The average Bonchev–Trinajstić information content (AvgIpc) is 2.79. The minimum Gasteiger partial charge on any atom is -0.350 e. The van der Waals surface area contributed by atoms with Gasteiger partial charge in [-0.2, -0.15) is 0 Å². The molecular formula is C12H18ClN3O4S2. The molecule has 0 aliphatic rings. The number of halogens is 1. The summed E-state index contributed by atoms with van der Waals surface area (Å²) in [6.45, 7) is 4.76. The first kappa shape index (κ1) is 18.9. The van der Waals surface area contributed by atoms with Crippen molar-refractivity contribution < 1.29 is 18.0 Å². The third kappa shape index (κ3) is 6.73. The first-order valence-electron chi connectivity index (χ1n) is 6.32. The van der Waals surface area contributed by atoms with Crippen molar-refractivity contribution in [3.8, 4) is 0 Å². The van der Waals surface area contributed by atoms with Crippen LogP contribution in [0.4, 0.5) is 0 Å². The van der Waals surface area contributed by atoms with E-state index < -0.39 is 28.0 Å².